The monoisotopic (exact) mass is 476 g/mol. The van der Waals surface area contributed by atoms with Crippen LogP contribution in [0.5, 0.6) is 5.75 Å². The van der Waals surface area contributed by atoms with Gasteiger partial charge < -0.3 is 24.4 Å². The third-order valence-corrected chi connectivity index (χ3v) is 6.33. The number of carbonyl (C=O) groups excluding carboxylic acids is 1. The number of aromatic nitrogens is 4. The van der Waals surface area contributed by atoms with Gasteiger partial charge in [-0.2, -0.15) is 0 Å². The van der Waals surface area contributed by atoms with Crippen molar-refractivity contribution in [3.8, 4) is 5.75 Å². The van der Waals surface area contributed by atoms with E-state index in [-0.39, 0.29) is 23.3 Å². The van der Waals surface area contributed by atoms with E-state index in [1.165, 1.54) is 17.7 Å². The van der Waals surface area contributed by atoms with Gasteiger partial charge in [0.15, 0.2) is 0 Å². The molecule has 0 unspecified atom stereocenters. The third-order valence-electron chi connectivity index (χ3n) is 6.33. The smallest absolute Gasteiger partial charge is 0.306 e. The summed E-state index contributed by atoms with van der Waals surface area (Å²) in [5, 5.41) is 11.6. The van der Waals surface area contributed by atoms with Crippen LogP contribution in [0.2, 0.25) is 0 Å². The Morgan fingerprint density at radius 2 is 1.94 bits per heavy atom. The number of rotatable bonds is 7. The summed E-state index contributed by atoms with van der Waals surface area (Å²) in [5.74, 6) is -1.86. The number of aromatic hydroxyl groups is 1. The fourth-order valence-electron chi connectivity index (χ4n) is 4.61. The van der Waals surface area contributed by atoms with Crippen molar-refractivity contribution >= 4 is 16.9 Å². The quantitative estimate of drug-likeness (QED) is 0.352. The predicted octanol–water partition coefficient (Wildman–Crippen LogP) is 2.98. The zero-order valence-corrected chi connectivity index (χ0v) is 20.1. The molecule has 1 atom stereocenters. The van der Waals surface area contributed by atoms with Gasteiger partial charge in [0.05, 0.1) is 30.9 Å². The summed E-state index contributed by atoms with van der Waals surface area (Å²) in [4.78, 5) is 49.1. The van der Waals surface area contributed by atoms with Crippen LogP contribution in [0, 0.1) is 20.8 Å². The number of imidazole rings is 1. The molecular weight excluding hydrogens is 448 g/mol. The average molecular weight is 477 g/mol. The summed E-state index contributed by atoms with van der Waals surface area (Å²) in [6.45, 7) is 5.91. The zero-order chi connectivity index (χ0) is 25.3. The van der Waals surface area contributed by atoms with Gasteiger partial charge in [0.25, 0.3) is 11.1 Å². The number of methoxy groups -OCH3 is 1. The molecule has 182 valence electrons. The van der Waals surface area contributed by atoms with Crippen LogP contribution < -0.4 is 11.1 Å². The number of nitrogens with zero attached hydrogens (tertiary/aromatic N) is 2. The van der Waals surface area contributed by atoms with Gasteiger partial charge in [0.2, 0.25) is 0 Å². The minimum Gasteiger partial charge on any atom is -0.507 e. The number of H-pyrrole nitrogens is 2. The summed E-state index contributed by atoms with van der Waals surface area (Å²) >= 11 is 0. The first kappa shape index (κ1) is 24.0. The van der Waals surface area contributed by atoms with Crippen molar-refractivity contribution in [2.24, 2.45) is 0 Å². The van der Waals surface area contributed by atoms with Gasteiger partial charge in [-0.15, -0.1) is 0 Å². The molecule has 0 saturated carbocycles. The van der Waals surface area contributed by atoms with E-state index in [1.54, 1.807) is 25.5 Å². The second-order valence-electron chi connectivity index (χ2n) is 8.80. The molecular formula is C26H28N4O5. The lowest BCUT2D eigenvalue weighted by Gasteiger charge is -2.20. The van der Waals surface area contributed by atoms with Crippen molar-refractivity contribution in [1.29, 1.82) is 0 Å². The number of ether oxygens (including phenoxy) is 1. The molecule has 4 aromatic rings. The van der Waals surface area contributed by atoms with Crippen LogP contribution in [0.4, 0.5) is 0 Å². The van der Waals surface area contributed by atoms with E-state index in [9.17, 15) is 19.5 Å². The normalized spacial score (nSPS) is 12.1. The van der Waals surface area contributed by atoms with E-state index in [2.05, 4.69) is 15.0 Å². The molecule has 0 aliphatic rings. The average Bonchev–Trinajstić information content (AvgIpc) is 3.31. The summed E-state index contributed by atoms with van der Waals surface area (Å²) in [6.07, 6.45) is 3.49. The molecule has 9 nitrogen and oxygen atoms in total. The number of pyridine rings is 2. The lowest BCUT2D eigenvalue weighted by atomic mass is 9.88. The summed E-state index contributed by atoms with van der Waals surface area (Å²) in [5.41, 5.74) is 3.33. The number of nitrogens with one attached hydrogen (secondary N) is 2. The van der Waals surface area contributed by atoms with Crippen molar-refractivity contribution in [3.05, 3.63) is 91.1 Å². The Balaban J connectivity index is 1.90. The Morgan fingerprint density at radius 1 is 1.17 bits per heavy atom. The van der Waals surface area contributed by atoms with Gasteiger partial charge in [-0.1, -0.05) is 11.6 Å². The van der Waals surface area contributed by atoms with Crippen molar-refractivity contribution in [3.63, 3.8) is 0 Å². The van der Waals surface area contributed by atoms with Gasteiger partial charge >= 0.3 is 5.97 Å². The standard InChI is InChI=1S/C26H28N4O5/c1-14-7-15(2)24-17(8-14)10-20(25(33)29-24)19(11-22(32)35-4)23-21(31)9-16(3)30(26(23)34)6-5-18-12-27-13-28-18/h7-10,12-13,19,31H,5-6,11H2,1-4H3,(H,27,28)(H,29,33)/t19-/m1/s1. The second kappa shape index (κ2) is 9.61. The molecule has 0 aliphatic heterocycles. The zero-order valence-electron chi connectivity index (χ0n) is 20.1. The number of esters is 1. The van der Waals surface area contributed by atoms with Gasteiger partial charge in [-0.25, -0.2) is 4.98 Å². The molecule has 0 fully saturated rings. The van der Waals surface area contributed by atoms with Gasteiger partial charge in [0.1, 0.15) is 5.75 Å². The SMILES string of the molecule is COC(=O)C[C@H](c1cc2cc(C)cc(C)c2[nH]c1=O)c1c(O)cc(C)n(CCc2cnc[nH]2)c1=O. The molecule has 35 heavy (non-hydrogen) atoms. The number of fused-ring (bicyclic) bond motifs is 1. The minimum atomic E-state index is -0.997. The molecule has 3 heterocycles. The van der Waals surface area contributed by atoms with E-state index in [4.69, 9.17) is 4.74 Å². The highest BCUT2D eigenvalue weighted by molar-refractivity contribution is 5.83. The summed E-state index contributed by atoms with van der Waals surface area (Å²) in [7, 11) is 1.24. The fraction of sp³-hybridized carbons (Fsp3) is 0.308. The Labute approximate surface area is 201 Å². The molecule has 9 heteroatoms. The maximum atomic E-state index is 13.7. The number of benzene rings is 1. The maximum absolute atomic E-state index is 13.7. The number of aryl methyl sites for hydroxylation is 4. The Hall–Kier alpha value is -4.14. The summed E-state index contributed by atoms with van der Waals surface area (Å²) in [6, 6.07) is 7.07. The first-order valence-corrected chi connectivity index (χ1v) is 11.3. The highest BCUT2D eigenvalue weighted by Crippen LogP contribution is 2.32. The predicted molar refractivity (Wildman–Crippen MR) is 132 cm³/mol. The van der Waals surface area contributed by atoms with E-state index in [0.717, 1.165) is 22.2 Å². The van der Waals surface area contributed by atoms with Crippen molar-refractivity contribution in [2.45, 2.75) is 46.1 Å². The van der Waals surface area contributed by atoms with Crippen LogP contribution in [0.3, 0.4) is 0 Å². The molecule has 3 aromatic heterocycles. The fourth-order valence-corrected chi connectivity index (χ4v) is 4.61. The van der Waals surface area contributed by atoms with Gasteiger partial charge in [-0.3, -0.25) is 14.4 Å². The van der Waals surface area contributed by atoms with Crippen molar-refractivity contribution in [1.82, 2.24) is 19.5 Å². The third kappa shape index (κ3) is 4.75. The molecule has 3 N–H and O–H groups in total. The van der Waals surface area contributed by atoms with Crippen LogP contribution in [-0.4, -0.2) is 37.7 Å². The summed E-state index contributed by atoms with van der Waals surface area (Å²) < 4.78 is 6.40. The number of aromatic amines is 2. The Bertz CT molecular complexity index is 1520. The lowest BCUT2D eigenvalue weighted by Crippen LogP contribution is -2.31. The molecule has 0 saturated heterocycles. The lowest BCUT2D eigenvalue weighted by molar-refractivity contribution is -0.140. The highest BCUT2D eigenvalue weighted by atomic mass is 16.5. The number of carbonyl (C=O) groups is 1. The van der Waals surface area contributed by atoms with E-state index in [0.29, 0.717) is 24.2 Å². The van der Waals surface area contributed by atoms with Crippen molar-refractivity contribution in [2.75, 3.05) is 7.11 Å². The Kier molecular flexibility index (Phi) is 6.59. The van der Waals surface area contributed by atoms with Gasteiger partial charge in [0, 0.05) is 42.0 Å². The molecule has 0 aliphatic carbocycles. The van der Waals surface area contributed by atoms with Crippen LogP contribution in [0.15, 0.2) is 46.4 Å². The number of hydrogen-bond acceptors (Lipinski definition) is 6. The minimum absolute atomic E-state index is 0.0140. The largest absolute Gasteiger partial charge is 0.507 e. The Morgan fingerprint density at radius 3 is 2.63 bits per heavy atom. The van der Waals surface area contributed by atoms with Crippen LogP contribution in [-0.2, 0) is 22.5 Å². The number of hydrogen-bond donors (Lipinski definition) is 3. The second-order valence-corrected chi connectivity index (χ2v) is 8.80. The van der Waals surface area contributed by atoms with Crippen LogP contribution in [0.1, 0.15) is 46.0 Å². The van der Waals surface area contributed by atoms with E-state index >= 15 is 0 Å². The highest BCUT2D eigenvalue weighted by Gasteiger charge is 2.29. The topological polar surface area (TPSA) is 130 Å². The van der Waals surface area contributed by atoms with Crippen LogP contribution in [0.25, 0.3) is 10.9 Å². The molecule has 0 amide bonds. The first-order valence-electron chi connectivity index (χ1n) is 11.3. The van der Waals surface area contributed by atoms with Crippen molar-refractivity contribution < 1.29 is 14.6 Å². The van der Waals surface area contributed by atoms with Gasteiger partial charge in [-0.05, 0) is 49.9 Å². The molecule has 4 rings (SSSR count). The molecule has 0 bridgehead atoms. The van der Waals surface area contributed by atoms with E-state index < -0.39 is 23.0 Å². The molecule has 1 aromatic carbocycles. The first-order chi connectivity index (χ1) is 16.7. The molecule has 0 radical (unpaired) electrons. The van der Waals surface area contributed by atoms with Crippen LogP contribution >= 0.6 is 0 Å². The molecule has 0 spiro atoms. The maximum Gasteiger partial charge on any atom is 0.306 e. The van der Waals surface area contributed by atoms with E-state index in [1.807, 2.05) is 26.0 Å².